The Labute approximate surface area is 164 Å². The van der Waals surface area contributed by atoms with E-state index in [1.54, 1.807) is 24.3 Å². The fourth-order valence-electron chi connectivity index (χ4n) is 2.33. The highest BCUT2D eigenvalue weighted by atomic mass is 32.2. The Bertz CT molecular complexity index is 925. The standard InChI is InChI=1S/C19H23N3O5S/c1-4-20-19(24)14-5-7-15(8-6-14)21-18(23)13(2)22-28(25,26)17-11-9-16(27-3)10-12-17/h5-13,22H,4H2,1-3H3,(H,20,24)(H,21,23)/t13-/m0/s1. The van der Waals surface area contributed by atoms with Crippen LogP contribution < -0.4 is 20.1 Å². The molecule has 28 heavy (non-hydrogen) atoms. The number of hydrogen-bond acceptors (Lipinski definition) is 5. The average Bonchev–Trinajstić information content (AvgIpc) is 2.68. The van der Waals surface area contributed by atoms with Crippen molar-refractivity contribution in [3.8, 4) is 5.75 Å². The van der Waals surface area contributed by atoms with E-state index in [9.17, 15) is 18.0 Å². The Morgan fingerprint density at radius 2 is 1.64 bits per heavy atom. The molecular weight excluding hydrogens is 382 g/mol. The molecule has 150 valence electrons. The molecule has 0 fully saturated rings. The maximum absolute atomic E-state index is 12.4. The lowest BCUT2D eigenvalue weighted by Crippen LogP contribution is -2.41. The summed E-state index contributed by atoms with van der Waals surface area (Å²) in [5.74, 6) is -0.204. The van der Waals surface area contributed by atoms with Gasteiger partial charge >= 0.3 is 0 Å². The molecule has 0 unspecified atom stereocenters. The summed E-state index contributed by atoms with van der Waals surface area (Å²) in [6.07, 6.45) is 0. The predicted octanol–water partition coefficient (Wildman–Crippen LogP) is 1.75. The maximum Gasteiger partial charge on any atom is 0.251 e. The van der Waals surface area contributed by atoms with Gasteiger partial charge in [-0.1, -0.05) is 0 Å². The number of rotatable bonds is 8. The normalized spacial score (nSPS) is 12.1. The highest BCUT2D eigenvalue weighted by Gasteiger charge is 2.22. The Kier molecular flexibility index (Phi) is 7.13. The van der Waals surface area contributed by atoms with E-state index >= 15 is 0 Å². The second-order valence-electron chi connectivity index (χ2n) is 5.94. The highest BCUT2D eigenvalue weighted by Crippen LogP contribution is 2.16. The summed E-state index contributed by atoms with van der Waals surface area (Å²) in [5.41, 5.74) is 0.918. The van der Waals surface area contributed by atoms with Gasteiger partial charge in [0.1, 0.15) is 5.75 Å². The van der Waals surface area contributed by atoms with E-state index in [-0.39, 0.29) is 10.8 Å². The third kappa shape index (κ3) is 5.54. The van der Waals surface area contributed by atoms with Crippen molar-refractivity contribution in [2.45, 2.75) is 24.8 Å². The Morgan fingerprint density at radius 3 is 2.18 bits per heavy atom. The number of methoxy groups -OCH3 is 1. The summed E-state index contributed by atoms with van der Waals surface area (Å²) < 4.78 is 32.1. The smallest absolute Gasteiger partial charge is 0.251 e. The molecule has 2 rings (SSSR count). The fraction of sp³-hybridized carbons (Fsp3) is 0.263. The van der Waals surface area contributed by atoms with Gasteiger partial charge in [0.15, 0.2) is 0 Å². The van der Waals surface area contributed by atoms with Crippen LogP contribution in [0.3, 0.4) is 0 Å². The van der Waals surface area contributed by atoms with E-state index in [0.717, 1.165) is 0 Å². The molecular formula is C19H23N3O5S. The summed E-state index contributed by atoms with van der Waals surface area (Å²) in [7, 11) is -2.38. The Morgan fingerprint density at radius 1 is 1.04 bits per heavy atom. The van der Waals surface area contributed by atoms with Crippen molar-refractivity contribution in [1.29, 1.82) is 0 Å². The minimum Gasteiger partial charge on any atom is -0.497 e. The third-order valence-corrected chi connectivity index (χ3v) is 5.40. The predicted molar refractivity (Wildman–Crippen MR) is 106 cm³/mol. The van der Waals surface area contributed by atoms with E-state index in [4.69, 9.17) is 4.74 Å². The molecule has 2 amide bonds. The molecule has 0 aromatic heterocycles. The van der Waals surface area contributed by atoms with Crippen LogP contribution in [0.5, 0.6) is 5.75 Å². The molecule has 0 radical (unpaired) electrons. The number of benzene rings is 2. The topological polar surface area (TPSA) is 114 Å². The van der Waals surface area contributed by atoms with Gasteiger partial charge in [-0.2, -0.15) is 4.72 Å². The van der Waals surface area contributed by atoms with Crippen molar-refractivity contribution in [2.24, 2.45) is 0 Å². The van der Waals surface area contributed by atoms with E-state index in [0.29, 0.717) is 23.5 Å². The van der Waals surface area contributed by atoms with Crippen molar-refractivity contribution in [1.82, 2.24) is 10.0 Å². The number of hydrogen-bond donors (Lipinski definition) is 3. The SMILES string of the molecule is CCNC(=O)c1ccc(NC(=O)[C@H](C)NS(=O)(=O)c2ccc(OC)cc2)cc1. The molecule has 3 N–H and O–H groups in total. The number of anilines is 1. The number of sulfonamides is 1. The first-order chi connectivity index (χ1) is 13.3. The van der Waals surface area contributed by atoms with Crippen LogP contribution in [0.4, 0.5) is 5.69 Å². The van der Waals surface area contributed by atoms with Gasteiger partial charge < -0.3 is 15.4 Å². The van der Waals surface area contributed by atoms with Gasteiger partial charge in [0.2, 0.25) is 15.9 Å². The average molecular weight is 405 g/mol. The van der Waals surface area contributed by atoms with E-state index in [1.807, 2.05) is 6.92 Å². The van der Waals surface area contributed by atoms with Crippen molar-refractivity contribution in [2.75, 3.05) is 19.0 Å². The molecule has 1 atom stereocenters. The number of carbonyl (C=O) groups excluding carboxylic acids is 2. The lowest BCUT2D eigenvalue weighted by atomic mass is 10.2. The van der Waals surface area contributed by atoms with Crippen LogP contribution in [-0.2, 0) is 14.8 Å². The van der Waals surface area contributed by atoms with Crippen LogP contribution in [0.1, 0.15) is 24.2 Å². The molecule has 2 aromatic rings. The van der Waals surface area contributed by atoms with Gasteiger partial charge in [-0.3, -0.25) is 9.59 Å². The largest absolute Gasteiger partial charge is 0.497 e. The van der Waals surface area contributed by atoms with E-state index in [2.05, 4.69) is 15.4 Å². The van der Waals surface area contributed by atoms with E-state index in [1.165, 1.54) is 38.3 Å². The monoisotopic (exact) mass is 405 g/mol. The van der Waals surface area contributed by atoms with Crippen molar-refractivity contribution >= 4 is 27.5 Å². The second-order valence-corrected chi connectivity index (χ2v) is 7.66. The zero-order chi connectivity index (χ0) is 20.7. The highest BCUT2D eigenvalue weighted by molar-refractivity contribution is 7.89. The van der Waals surface area contributed by atoms with Crippen LogP contribution in [0.2, 0.25) is 0 Å². The quantitative estimate of drug-likeness (QED) is 0.619. The zero-order valence-corrected chi connectivity index (χ0v) is 16.7. The van der Waals surface area contributed by atoms with Gasteiger partial charge in [0, 0.05) is 17.8 Å². The van der Waals surface area contributed by atoms with Crippen LogP contribution in [0, 0.1) is 0 Å². The first-order valence-corrected chi connectivity index (χ1v) is 10.1. The number of carbonyl (C=O) groups is 2. The Hall–Kier alpha value is -2.91. The van der Waals surface area contributed by atoms with Gasteiger partial charge in [0.25, 0.3) is 5.91 Å². The minimum absolute atomic E-state index is 0.0271. The maximum atomic E-state index is 12.4. The molecule has 8 nitrogen and oxygen atoms in total. The molecule has 2 aromatic carbocycles. The second kappa shape index (κ2) is 9.34. The summed E-state index contributed by atoms with van der Waals surface area (Å²) in [6.45, 7) is 3.78. The van der Waals surface area contributed by atoms with Crippen molar-refractivity contribution in [3.63, 3.8) is 0 Å². The van der Waals surface area contributed by atoms with Crippen molar-refractivity contribution in [3.05, 3.63) is 54.1 Å². The molecule has 9 heteroatoms. The molecule has 0 spiro atoms. The number of nitrogens with one attached hydrogen (secondary N) is 3. The van der Waals surface area contributed by atoms with Crippen LogP contribution in [-0.4, -0.2) is 39.9 Å². The molecule has 0 heterocycles. The molecule has 0 aliphatic rings. The van der Waals surface area contributed by atoms with Gasteiger partial charge in [-0.25, -0.2) is 8.42 Å². The van der Waals surface area contributed by atoms with Crippen LogP contribution >= 0.6 is 0 Å². The lowest BCUT2D eigenvalue weighted by Gasteiger charge is -2.15. The van der Waals surface area contributed by atoms with Crippen molar-refractivity contribution < 1.29 is 22.7 Å². The number of amides is 2. The third-order valence-electron chi connectivity index (χ3n) is 3.85. The number of ether oxygens (including phenoxy) is 1. The van der Waals surface area contributed by atoms with Crippen LogP contribution in [0.25, 0.3) is 0 Å². The fourth-order valence-corrected chi connectivity index (χ4v) is 3.53. The first-order valence-electron chi connectivity index (χ1n) is 8.62. The van der Waals surface area contributed by atoms with E-state index < -0.39 is 22.0 Å². The summed E-state index contributed by atoms with van der Waals surface area (Å²) >= 11 is 0. The summed E-state index contributed by atoms with van der Waals surface area (Å²) in [6, 6.07) is 11.1. The molecule has 0 saturated carbocycles. The Balaban J connectivity index is 2.00. The summed E-state index contributed by atoms with van der Waals surface area (Å²) in [5, 5.41) is 5.29. The molecule has 0 saturated heterocycles. The zero-order valence-electron chi connectivity index (χ0n) is 15.9. The minimum atomic E-state index is -3.87. The summed E-state index contributed by atoms with van der Waals surface area (Å²) in [4.78, 5) is 24.1. The van der Waals surface area contributed by atoms with Gasteiger partial charge in [0.05, 0.1) is 18.0 Å². The van der Waals surface area contributed by atoms with Gasteiger partial charge in [-0.15, -0.1) is 0 Å². The van der Waals surface area contributed by atoms with Crippen LogP contribution in [0.15, 0.2) is 53.4 Å². The molecule has 0 bridgehead atoms. The molecule has 0 aliphatic heterocycles. The lowest BCUT2D eigenvalue weighted by molar-refractivity contribution is -0.117. The van der Waals surface area contributed by atoms with Gasteiger partial charge in [-0.05, 0) is 62.4 Å². The first kappa shape index (κ1) is 21.4. The molecule has 0 aliphatic carbocycles.